The molecule has 24 heavy (non-hydrogen) atoms. The number of primary amides is 1. The third-order valence-corrected chi connectivity index (χ3v) is 4.37. The van der Waals surface area contributed by atoms with Gasteiger partial charge in [-0.2, -0.15) is 0 Å². The van der Waals surface area contributed by atoms with Crippen LogP contribution in [0.5, 0.6) is 0 Å². The average Bonchev–Trinajstić information content (AvgIpc) is 3.06. The molecule has 0 spiro atoms. The van der Waals surface area contributed by atoms with Gasteiger partial charge in [0.15, 0.2) is 0 Å². The number of amides is 3. The molecule has 3 N–H and O–H groups in total. The quantitative estimate of drug-likeness (QED) is 0.793. The smallest absolute Gasteiger partial charge is 0.237 e. The van der Waals surface area contributed by atoms with E-state index in [1.54, 1.807) is 4.90 Å². The van der Waals surface area contributed by atoms with Crippen LogP contribution in [0.15, 0.2) is 30.3 Å². The zero-order valence-electron chi connectivity index (χ0n) is 14.0. The fraction of sp³-hybridized carbons (Fsp3) is 0.500. The van der Waals surface area contributed by atoms with E-state index >= 15 is 0 Å². The molecule has 0 aliphatic heterocycles. The second-order valence-corrected chi connectivity index (χ2v) is 6.29. The molecule has 2 rings (SSSR count). The Hall–Kier alpha value is -2.37. The first-order chi connectivity index (χ1) is 11.5. The first-order valence-electron chi connectivity index (χ1n) is 8.37. The van der Waals surface area contributed by atoms with Gasteiger partial charge in [-0.1, -0.05) is 43.2 Å². The van der Waals surface area contributed by atoms with Crippen molar-refractivity contribution >= 4 is 17.7 Å². The molecular formula is C18H25N3O3. The van der Waals surface area contributed by atoms with Crippen molar-refractivity contribution in [3.8, 4) is 0 Å². The van der Waals surface area contributed by atoms with E-state index in [9.17, 15) is 14.4 Å². The Labute approximate surface area is 142 Å². The Morgan fingerprint density at radius 2 is 1.83 bits per heavy atom. The van der Waals surface area contributed by atoms with Crippen molar-refractivity contribution in [1.29, 1.82) is 0 Å². The zero-order valence-corrected chi connectivity index (χ0v) is 14.0. The molecule has 0 saturated heterocycles. The van der Waals surface area contributed by atoms with Gasteiger partial charge in [0.2, 0.25) is 17.7 Å². The Morgan fingerprint density at radius 1 is 1.21 bits per heavy atom. The van der Waals surface area contributed by atoms with Crippen LogP contribution < -0.4 is 11.1 Å². The maximum Gasteiger partial charge on any atom is 0.237 e. The van der Waals surface area contributed by atoms with Crippen LogP contribution >= 0.6 is 0 Å². The minimum Gasteiger partial charge on any atom is -0.368 e. The van der Waals surface area contributed by atoms with E-state index in [2.05, 4.69) is 5.32 Å². The van der Waals surface area contributed by atoms with Crippen molar-refractivity contribution in [3.63, 3.8) is 0 Å². The van der Waals surface area contributed by atoms with Crippen LogP contribution in [0.1, 0.15) is 50.6 Å². The molecular weight excluding hydrogens is 306 g/mol. The topological polar surface area (TPSA) is 92.5 Å². The lowest BCUT2D eigenvalue weighted by Gasteiger charge is -2.29. The lowest BCUT2D eigenvalue weighted by molar-refractivity contribution is -0.138. The molecule has 1 fully saturated rings. The molecule has 1 aliphatic carbocycles. The van der Waals surface area contributed by atoms with E-state index in [-0.39, 0.29) is 30.8 Å². The standard InChI is InChI=1S/C18H25N3O3/c1-13(22)20-16(14-7-3-2-4-8-14)11-18(24)21(12-17(19)23)15-9-5-6-10-15/h2-4,7-8,15-16H,5-6,9-12H2,1H3,(H2,19,23)(H,20,22)/t16-/m1/s1. The number of rotatable bonds is 7. The van der Waals surface area contributed by atoms with Gasteiger partial charge in [0.05, 0.1) is 19.0 Å². The summed E-state index contributed by atoms with van der Waals surface area (Å²) in [7, 11) is 0. The van der Waals surface area contributed by atoms with E-state index in [4.69, 9.17) is 5.73 Å². The SMILES string of the molecule is CC(=O)N[C@H](CC(=O)N(CC(N)=O)C1CCCC1)c1ccccc1. The van der Waals surface area contributed by atoms with Crippen LogP contribution in [0, 0.1) is 0 Å². The summed E-state index contributed by atoms with van der Waals surface area (Å²) in [5.74, 6) is -0.853. The predicted molar refractivity (Wildman–Crippen MR) is 90.8 cm³/mol. The van der Waals surface area contributed by atoms with Gasteiger partial charge < -0.3 is 16.0 Å². The summed E-state index contributed by atoms with van der Waals surface area (Å²) >= 11 is 0. The number of nitrogens with zero attached hydrogens (tertiary/aromatic N) is 1. The molecule has 0 aromatic heterocycles. The van der Waals surface area contributed by atoms with Gasteiger partial charge in [-0.15, -0.1) is 0 Å². The molecule has 1 aromatic carbocycles. The normalized spacial score (nSPS) is 15.7. The summed E-state index contributed by atoms with van der Waals surface area (Å²) in [5, 5.41) is 2.82. The molecule has 3 amide bonds. The fourth-order valence-electron chi connectivity index (χ4n) is 3.28. The number of hydrogen-bond acceptors (Lipinski definition) is 3. The predicted octanol–water partition coefficient (Wildman–Crippen LogP) is 1.51. The van der Waals surface area contributed by atoms with Crippen LogP contribution in [0.2, 0.25) is 0 Å². The molecule has 130 valence electrons. The minimum atomic E-state index is -0.508. The number of nitrogens with two attached hydrogens (primary N) is 1. The highest BCUT2D eigenvalue weighted by Crippen LogP contribution is 2.26. The second-order valence-electron chi connectivity index (χ2n) is 6.29. The van der Waals surface area contributed by atoms with Gasteiger partial charge in [-0.25, -0.2) is 0 Å². The highest BCUT2D eigenvalue weighted by molar-refractivity contribution is 5.85. The number of carbonyl (C=O) groups is 3. The molecule has 1 aliphatic rings. The van der Waals surface area contributed by atoms with Crippen molar-refractivity contribution in [2.45, 2.75) is 51.1 Å². The molecule has 1 saturated carbocycles. The molecule has 0 bridgehead atoms. The van der Waals surface area contributed by atoms with E-state index in [1.807, 2.05) is 30.3 Å². The molecule has 1 atom stereocenters. The molecule has 1 aromatic rings. The van der Waals surface area contributed by atoms with E-state index < -0.39 is 11.9 Å². The van der Waals surface area contributed by atoms with Gasteiger partial charge >= 0.3 is 0 Å². The van der Waals surface area contributed by atoms with Gasteiger partial charge in [0.25, 0.3) is 0 Å². The van der Waals surface area contributed by atoms with Gasteiger partial charge in [0, 0.05) is 13.0 Å². The Morgan fingerprint density at radius 3 is 2.38 bits per heavy atom. The maximum absolute atomic E-state index is 12.8. The Bertz CT molecular complexity index is 582. The van der Waals surface area contributed by atoms with Crippen molar-refractivity contribution < 1.29 is 14.4 Å². The molecule has 0 heterocycles. The van der Waals surface area contributed by atoms with Crippen LogP contribution in [-0.4, -0.2) is 35.2 Å². The van der Waals surface area contributed by atoms with Crippen LogP contribution in [0.3, 0.4) is 0 Å². The molecule has 6 nitrogen and oxygen atoms in total. The lowest BCUT2D eigenvalue weighted by atomic mass is 10.0. The highest BCUT2D eigenvalue weighted by atomic mass is 16.2. The number of carbonyl (C=O) groups excluding carboxylic acids is 3. The fourth-order valence-corrected chi connectivity index (χ4v) is 3.28. The summed E-state index contributed by atoms with van der Waals surface area (Å²) in [6, 6.07) is 9.03. The first-order valence-corrected chi connectivity index (χ1v) is 8.37. The monoisotopic (exact) mass is 331 g/mol. The molecule has 0 radical (unpaired) electrons. The molecule has 6 heteroatoms. The van der Waals surface area contributed by atoms with Crippen molar-refractivity contribution in [2.75, 3.05) is 6.54 Å². The summed E-state index contributed by atoms with van der Waals surface area (Å²) < 4.78 is 0. The van der Waals surface area contributed by atoms with Gasteiger partial charge in [-0.3, -0.25) is 14.4 Å². The number of nitrogens with one attached hydrogen (secondary N) is 1. The highest BCUT2D eigenvalue weighted by Gasteiger charge is 2.29. The lowest BCUT2D eigenvalue weighted by Crippen LogP contribution is -2.45. The molecule has 0 unspecified atom stereocenters. The first kappa shape index (κ1) is 18.0. The second kappa shape index (κ2) is 8.47. The van der Waals surface area contributed by atoms with Crippen LogP contribution in [0.25, 0.3) is 0 Å². The van der Waals surface area contributed by atoms with Crippen molar-refractivity contribution in [2.24, 2.45) is 5.73 Å². The number of benzene rings is 1. The Balaban J connectivity index is 2.14. The summed E-state index contributed by atoms with van der Waals surface area (Å²) in [6.07, 6.45) is 4.03. The zero-order chi connectivity index (χ0) is 17.5. The summed E-state index contributed by atoms with van der Waals surface area (Å²) in [5.41, 5.74) is 6.19. The summed E-state index contributed by atoms with van der Waals surface area (Å²) in [4.78, 5) is 37.3. The average molecular weight is 331 g/mol. The Kier molecular flexibility index (Phi) is 6.35. The van der Waals surface area contributed by atoms with E-state index in [0.29, 0.717) is 0 Å². The summed E-state index contributed by atoms with van der Waals surface area (Å²) in [6.45, 7) is 1.36. The largest absolute Gasteiger partial charge is 0.368 e. The minimum absolute atomic E-state index is 0.0644. The van der Waals surface area contributed by atoms with E-state index in [0.717, 1.165) is 31.2 Å². The van der Waals surface area contributed by atoms with Crippen molar-refractivity contribution in [1.82, 2.24) is 10.2 Å². The van der Waals surface area contributed by atoms with E-state index in [1.165, 1.54) is 6.92 Å². The van der Waals surface area contributed by atoms with Gasteiger partial charge in [0.1, 0.15) is 0 Å². The maximum atomic E-state index is 12.8. The third kappa shape index (κ3) is 5.08. The van der Waals surface area contributed by atoms with Gasteiger partial charge in [-0.05, 0) is 18.4 Å². The van der Waals surface area contributed by atoms with Crippen LogP contribution in [0.4, 0.5) is 0 Å². The van der Waals surface area contributed by atoms with Crippen LogP contribution in [-0.2, 0) is 14.4 Å². The third-order valence-electron chi connectivity index (χ3n) is 4.37. The van der Waals surface area contributed by atoms with Crippen molar-refractivity contribution in [3.05, 3.63) is 35.9 Å². The number of hydrogen-bond donors (Lipinski definition) is 2.